The standard InChI is InChI=1S/C30H60NO4P/c1-10-15-20-36(21-16-11-2,22-17-12-3)23-18-19-34-28(33)26(7)35-31-29(8,13-4)24-27(32)25(6)30(31,9)14-5/h20,25-27,32H,10-19,21-24H2,1-9H3. The van der Waals surface area contributed by atoms with E-state index in [1.807, 2.05) is 5.06 Å². The van der Waals surface area contributed by atoms with Gasteiger partial charge in [-0.15, -0.1) is 6.89 Å². The second-order valence-electron chi connectivity index (χ2n) is 11.8. The zero-order chi connectivity index (χ0) is 27.4. The van der Waals surface area contributed by atoms with Crippen molar-refractivity contribution in [1.29, 1.82) is 0 Å². The van der Waals surface area contributed by atoms with Crippen molar-refractivity contribution in [3.63, 3.8) is 0 Å². The van der Waals surface area contributed by atoms with Crippen molar-refractivity contribution >= 4 is 18.7 Å². The molecule has 0 aromatic carbocycles. The van der Waals surface area contributed by atoms with Crippen molar-refractivity contribution in [1.82, 2.24) is 5.06 Å². The number of aliphatic hydroxyl groups is 1. The number of hydrogen-bond donors (Lipinski definition) is 1. The summed E-state index contributed by atoms with van der Waals surface area (Å²) in [5.74, 6) is 2.46. The van der Waals surface area contributed by atoms with E-state index in [0.29, 0.717) is 13.0 Å². The van der Waals surface area contributed by atoms with Gasteiger partial charge in [-0.2, -0.15) is 5.06 Å². The number of hydroxylamine groups is 2. The molecule has 1 aliphatic rings. The van der Waals surface area contributed by atoms with E-state index in [-0.39, 0.29) is 29.1 Å². The molecule has 36 heavy (non-hydrogen) atoms. The third-order valence-electron chi connectivity index (χ3n) is 8.95. The number of hydrogen-bond acceptors (Lipinski definition) is 5. The van der Waals surface area contributed by atoms with Crippen LogP contribution in [0, 0.1) is 5.92 Å². The molecule has 0 aromatic rings. The van der Waals surface area contributed by atoms with Gasteiger partial charge in [-0.05, 0) is 84.2 Å². The lowest BCUT2D eigenvalue weighted by atomic mass is 9.69. The molecule has 0 saturated carbocycles. The van der Waals surface area contributed by atoms with Gasteiger partial charge < -0.3 is 9.84 Å². The fourth-order valence-electron chi connectivity index (χ4n) is 5.76. The summed E-state index contributed by atoms with van der Waals surface area (Å²) in [6, 6.07) is 0. The molecular formula is C30H60NO4P. The van der Waals surface area contributed by atoms with Crippen LogP contribution in [0.2, 0.25) is 0 Å². The zero-order valence-electron chi connectivity index (χ0n) is 25.3. The molecule has 1 rings (SSSR count). The number of piperidine rings is 1. The van der Waals surface area contributed by atoms with Crippen molar-refractivity contribution in [2.24, 2.45) is 5.92 Å². The summed E-state index contributed by atoms with van der Waals surface area (Å²) < 4.78 is 5.77. The summed E-state index contributed by atoms with van der Waals surface area (Å²) >= 11 is 0. The molecule has 0 amide bonds. The Morgan fingerprint density at radius 2 is 1.61 bits per heavy atom. The summed E-state index contributed by atoms with van der Waals surface area (Å²) in [5.41, 5.74) is -0.683. The van der Waals surface area contributed by atoms with Crippen molar-refractivity contribution in [3.8, 4) is 0 Å². The van der Waals surface area contributed by atoms with Crippen molar-refractivity contribution < 1.29 is 19.5 Å². The minimum Gasteiger partial charge on any atom is -0.464 e. The average molecular weight is 530 g/mol. The molecule has 1 fully saturated rings. The number of carbonyl (C=O) groups is 1. The predicted octanol–water partition coefficient (Wildman–Crippen LogP) is 7.50. The first kappa shape index (κ1) is 33.7. The number of nitrogens with zero attached hydrogens (tertiary/aromatic N) is 1. The Kier molecular flexibility index (Phi) is 14.9. The molecule has 214 valence electrons. The zero-order valence-corrected chi connectivity index (χ0v) is 26.2. The minimum atomic E-state index is -1.09. The normalized spacial score (nSPS) is 28.2. The van der Waals surface area contributed by atoms with Crippen LogP contribution in [0.3, 0.4) is 0 Å². The van der Waals surface area contributed by atoms with Gasteiger partial charge in [0.15, 0.2) is 6.10 Å². The Balaban J connectivity index is 2.82. The van der Waals surface area contributed by atoms with E-state index in [0.717, 1.165) is 19.3 Å². The molecule has 1 saturated heterocycles. The quantitative estimate of drug-likeness (QED) is 0.120. The maximum absolute atomic E-state index is 13.0. The van der Waals surface area contributed by atoms with Crippen LogP contribution in [0.25, 0.3) is 0 Å². The number of aliphatic hydroxyl groups excluding tert-OH is 1. The fourth-order valence-corrected chi connectivity index (χ4v) is 10.4. The van der Waals surface area contributed by atoms with Crippen LogP contribution in [0.1, 0.15) is 127 Å². The molecule has 1 N–H and O–H groups in total. The first-order valence-electron chi connectivity index (χ1n) is 15.0. The van der Waals surface area contributed by atoms with Gasteiger partial charge in [0.25, 0.3) is 0 Å². The second kappa shape index (κ2) is 15.9. The largest absolute Gasteiger partial charge is 0.464 e. The first-order valence-corrected chi connectivity index (χ1v) is 17.4. The van der Waals surface area contributed by atoms with E-state index >= 15 is 0 Å². The molecule has 5 unspecified atom stereocenters. The highest BCUT2D eigenvalue weighted by atomic mass is 31.2. The summed E-state index contributed by atoms with van der Waals surface area (Å²) in [6.07, 6.45) is 13.6. The topological polar surface area (TPSA) is 59.0 Å². The molecule has 1 heterocycles. The van der Waals surface area contributed by atoms with Gasteiger partial charge in [0.2, 0.25) is 0 Å². The average Bonchev–Trinajstić information content (AvgIpc) is 2.88. The Hall–Kier alpha value is -0.350. The molecule has 0 aliphatic carbocycles. The second-order valence-corrected chi connectivity index (χ2v) is 15.9. The van der Waals surface area contributed by atoms with E-state index in [1.54, 1.807) is 6.92 Å². The molecule has 0 aromatic heterocycles. The van der Waals surface area contributed by atoms with Crippen LogP contribution in [-0.4, -0.2) is 70.3 Å². The molecule has 0 bridgehead atoms. The Morgan fingerprint density at radius 3 is 2.11 bits per heavy atom. The van der Waals surface area contributed by atoms with Gasteiger partial charge in [0.05, 0.1) is 12.7 Å². The SMILES string of the molecule is CCCC=P(CCCC)(CCCC)CCCOC(=O)C(C)ON1C(C)(CC)CC(O)C(C)C1(C)CC. The van der Waals surface area contributed by atoms with Crippen LogP contribution in [0.4, 0.5) is 0 Å². The van der Waals surface area contributed by atoms with Gasteiger partial charge in [0.1, 0.15) is 0 Å². The molecule has 0 radical (unpaired) electrons. The van der Waals surface area contributed by atoms with E-state index in [2.05, 4.69) is 61.2 Å². The van der Waals surface area contributed by atoms with Crippen LogP contribution in [0.15, 0.2) is 0 Å². The van der Waals surface area contributed by atoms with Crippen molar-refractivity contribution in [2.45, 2.75) is 150 Å². The third kappa shape index (κ3) is 8.85. The lowest BCUT2D eigenvalue weighted by molar-refractivity contribution is -0.331. The number of unbranched alkanes of at least 4 members (excludes halogenated alkanes) is 3. The fraction of sp³-hybridized carbons (Fsp3) is 0.933. The molecular weight excluding hydrogens is 469 g/mol. The third-order valence-corrected chi connectivity index (χ3v) is 13.6. The van der Waals surface area contributed by atoms with Gasteiger partial charge in [0, 0.05) is 17.0 Å². The molecule has 1 aliphatic heterocycles. The van der Waals surface area contributed by atoms with Gasteiger partial charge in [-0.3, -0.25) is 4.84 Å². The molecule has 6 heteroatoms. The maximum atomic E-state index is 13.0. The number of carbonyl (C=O) groups excluding carboxylic acids is 1. The summed E-state index contributed by atoms with van der Waals surface area (Å²) in [4.78, 5) is 19.4. The van der Waals surface area contributed by atoms with E-state index < -0.39 is 13.0 Å². The number of esters is 1. The molecule has 5 atom stereocenters. The summed E-state index contributed by atoms with van der Waals surface area (Å²) in [7, 11) is 0. The lowest BCUT2D eigenvalue weighted by Crippen LogP contribution is -2.68. The maximum Gasteiger partial charge on any atom is 0.337 e. The minimum absolute atomic E-state index is 0.0491. The highest BCUT2D eigenvalue weighted by Crippen LogP contribution is 2.50. The van der Waals surface area contributed by atoms with Crippen molar-refractivity contribution in [2.75, 3.05) is 25.1 Å². The van der Waals surface area contributed by atoms with Gasteiger partial charge in [-0.1, -0.05) is 66.6 Å². The van der Waals surface area contributed by atoms with Gasteiger partial charge >= 0.3 is 5.97 Å². The van der Waals surface area contributed by atoms with Gasteiger partial charge in [-0.25, -0.2) is 4.79 Å². The Bertz CT molecular complexity index is 686. The van der Waals surface area contributed by atoms with E-state index in [4.69, 9.17) is 9.57 Å². The van der Waals surface area contributed by atoms with E-state index in [9.17, 15) is 9.90 Å². The number of ether oxygens (including phenoxy) is 1. The van der Waals surface area contributed by atoms with Crippen LogP contribution < -0.4 is 0 Å². The Morgan fingerprint density at radius 1 is 1.03 bits per heavy atom. The highest BCUT2D eigenvalue weighted by molar-refractivity contribution is 7.74. The van der Waals surface area contributed by atoms with Crippen LogP contribution in [-0.2, 0) is 14.4 Å². The number of rotatable bonds is 17. The first-order chi connectivity index (χ1) is 17.0. The van der Waals surface area contributed by atoms with Crippen molar-refractivity contribution in [3.05, 3.63) is 0 Å². The van der Waals surface area contributed by atoms with Crippen LogP contribution >= 0.6 is 6.89 Å². The smallest absolute Gasteiger partial charge is 0.337 e. The highest BCUT2D eigenvalue weighted by Gasteiger charge is 2.54. The lowest BCUT2D eigenvalue weighted by Gasteiger charge is -2.58. The Labute approximate surface area is 224 Å². The molecule has 0 spiro atoms. The van der Waals surface area contributed by atoms with Crippen LogP contribution in [0.5, 0.6) is 0 Å². The summed E-state index contributed by atoms with van der Waals surface area (Å²) in [6.45, 7) is 18.6. The van der Waals surface area contributed by atoms with E-state index in [1.165, 1.54) is 57.0 Å². The monoisotopic (exact) mass is 529 g/mol. The predicted molar refractivity (Wildman–Crippen MR) is 157 cm³/mol. The summed E-state index contributed by atoms with van der Waals surface area (Å²) in [5, 5.41) is 12.8. The molecule has 5 nitrogen and oxygen atoms in total.